The third kappa shape index (κ3) is 3.64. The standard InChI is InChI=1S/C15H14Cl3N/c1-9-6-11(3-5-12(9)16)15(19)8-10-2-4-13(17)14(18)7-10/h2-7,15H,8,19H2,1H3. The van der Waals surface area contributed by atoms with Crippen LogP contribution in [0.2, 0.25) is 15.1 Å². The number of hydrogen-bond acceptors (Lipinski definition) is 1. The Morgan fingerprint density at radius 1 is 0.947 bits per heavy atom. The summed E-state index contributed by atoms with van der Waals surface area (Å²) in [6.07, 6.45) is 0.706. The van der Waals surface area contributed by atoms with E-state index in [1.54, 1.807) is 6.07 Å². The van der Waals surface area contributed by atoms with Gasteiger partial charge in [-0.2, -0.15) is 0 Å². The smallest absolute Gasteiger partial charge is 0.0595 e. The van der Waals surface area contributed by atoms with E-state index in [9.17, 15) is 0 Å². The molecule has 100 valence electrons. The maximum absolute atomic E-state index is 6.21. The first-order valence-electron chi connectivity index (χ1n) is 5.93. The van der Waals surface area contributed by atoms with Crippen molar-refractivity contribution in [3.8, 4) is 0 Å². The minimum Gasteiger partial charge on any atom is -0.324 e. The topological polar surface area (TPSA) is 26.0 Å². The summed E-state index contributed by atoms with van der Waals surface area (Å²) in [7, 11) is 0. The fourth-order valence-corrected chi connectivity index (χ4v) is 2.38. The number of nitrogens with two attached hydrogens (primary N) is 1. The van der Waals surface area contributed by atoms with Gasteiger partial charge < -0.3 is 5.73 Å². The lowest BCUT2D eigenvalue weighted by atomic mass is 9.98. The Labute approximate surface area is 128 Å². The van der Waals surface area contributed by atoms with Crippen molar-refractivity contribution in [1.29, 1.82) is 0 Å². The van der Waals surface area contributed by atoms with Crippen LogP contribution >= 0.6 is 34.8 Å². The molecule has 4 heteroatoms. The molecular weight excluding hydrogens is 301 g/mol. The van der Waals surface area contributed by atoms with Crippen LogP contribution in [0.15, 0.2) is 36.4 Å². The molecule has 0 saturated heterocycles. The van der Waals surface area contributed by atoms with Gasteiger partial charge in [-0.1, -0.05) is 53.0 Å². The van der Waals surface area contributed by atoms with Gasteiger partial charge in [-0.3, -0.25) is 0 Å². The van der Waals surface area contributed by atoms with Gasteiger partial charge in [-0.05, 0) is 48.2 Å². The van der Waals surface area contributed by atoms with Crippen LogP contribution in [0.1, 0.15) is 22.7 Å². The Hall–Kier alpha value is -0.730. The van der Waals surface area contributed by atoms with E-state index in [0.29, 0.717) is 16.5 Å². The molecule has 2 aromatic carbocycles. The Kier molecular flexibility index (Phi) is 4.75. The number of benzene rings is 2. The van der Waals surface area contributed by atoms with Crippen LogP contribution in [0.4, 0.5) is 0 Å². The minimum absolute atomic E-state index is 0.0896. The fraction of sp³-hybridized carbons (Fsp3) is 0.200. The molecule has 2 N–H and O–H groups in total. The second kappa shape index (κ2) is 6.15. The molecule has 2 rings (SSSR count). The number of hydrogen-bond donors (Lipinski definition) is 1. The van der Waals surface area contributed by atoms with E-state index in [4.69, 9.17) is 40.5 Å². The maximum Gasteiger partial charge on any atom is 0.0595 e. The Morgan fingerprint density at radius 3 is 2.26 bits per heavy atom. The van der Waals surface area contributed by atoms with Crippen molar-refractivity contribution < 1.29 is 0 Å². The van der Waals surface area contributed by atoms with Crippen molar-refractivity contribution in [2.24, 2.45) is 5.73 Å². The van der Waals surface area contributed by atoms with Gasteiger partial charge in [0.25, 0.3) is 0 Å². The first-order valence-corrected chi connectivity index (χ1v) is 7.06. The van der Waals surface area contributed by atoms with Crippen LogP contribution in [0.5, 0.6) is 0 Å². The average Bonchev–Trinajstić information content (AvgIpc) is 2.37. The van der Waals surface area contributed by atoms with E-state index in [2.05, 4.69) is 0 Å². The van der Waals surface area contributed by atoms with E-state index in [1.165, 1.54) is 0 Å². The zero-order chi connectivity index (χ0) is 14.0. The average molecular weight is 315 g/mol. The molecule has 0 amide bonds. The van der Waals surface area contributed by atoms with Gasteiger partial charge in [0.1, 0.15) is 0 Å². The normalized spacial score (nSPS) is 12.5. The molecule has 0 heterocycles. The molecule has 1 unspecified atom stereocenters. The van der Waals surface area contributed by atoms with Crippen molar-refractivity contribution >= 4 is 34.8 Å². The molecular formula is C15H14Cl3N. The van der Waals surface area contributed by atoms with Crippen molar-refractivity contribution in [3.05, 3.63) is 68.2 Å². The first-order chi connectivity index (χ1) is 8.97. The molecule has 1 atom stereocenters. The highest BCUT2D eigenvalue weighted by Gasteiger charge is 2.09. The summed E-state index contributed by atoms with van der Waals surface area (Å²) < 4.78 is 0. The molecule has 0 spiro atoms. The first kappa shape index (κ1) is 14.7. The highest BCUT2D eigenvalue weighted by Crippen LogP contribution is 2.26. The highest BCUT2D eigenvalue weighted by molar-refractivity contribution is 6.42. The zero-order valence-electron chi connectivity index (χ0n) is 10.5. The minimum atomic E-state index is -0.0896. The van der Waals surface area contributed by atoms with Gasteiger partial charge in [-0.25, -0.2) is 0 Å². The fourth-order valence-electron chi connectivity index (χ4n) is 1.94. The van der Waals surface area contributed by atoms with Crippen molar-refractivity contribution in [2.45, 2.75) is 19.4 Å². The van der Waals surface area contributed by atoms with Crippen LogP contribution in [0, 0.1) is 6.92 Å². The summed E-state index contributed by atoms with van der Waals surface area (Å²) in [4.78, 5) is 0. The van der Waals surface area contributed by atoms with Crippen molar-refractivity contribution in [3.63, 3.8) is 0 Å². The van der Waals surface area contributed by atoms with Gasteiger partial charge in [-0.15, -0.1) is 0 Å². The Bertz CT molecular complexity index is 596. The highest BCUT2D eigenvalue weighted by atomic mass is 35.5. The third-order valence-electron chi connectivity index (χ3n) is 3.05. The molecule has 0 bridgehead atoms. The van der Waals surface area contributed by atoms with Gasteiger partial charge in [0.2, 0.25) is 0 Å². The van der Waals surface area contributed by atoms with E-state index in [0.717, 1.165) is 21.7 Å². The molecule has 0 saturated carbocycles. The lowest BCUT2D eigenvalue weighted by Crippen LogP contribution is -2.13. The molecule has 2 aromatic rings. The largest absolute Gasteiger partial charge is 0.324 e. The SMILES string of the molecule is Cc1cc(C(N)Cc2ccc(Cl)c(Cl)c2)ccc1Cl. The molecule has 0 aliphatic rings. The summed E-state index contributed by atoms with van der Waals surface area (Å²) in [5, 5.41) is 1.87. The summed E-state index contributed by atoms with van der Waals surface area (Å²) in [6.45, 7) is 1.97. The van der Waals surface area contributed by atoms with E-state index >= 15 is 0 Å². The Balaban J connectivity index is 2.17. The summed E-state index contributed by atoms with van der Waals surface area (Å²) in [5.74, 6) is 0. The monoisotopic (exact) mass is 313 g/mol. The van der Waals surface area contributed by atoms with Crippen LogP contribution in [-0.4, -0.2) is 0 Å². The van der Waals surface area contributed by atoms with Crippen LogP contribution in [0.25, 0.3) is 0 Å². The zero-order valence-corrected chi connectivity index (χ0v) is 12.7. The Morgan fingerprint density at radius 2 is 1.63 bits per heavy atom. The third-order valence-corrected chi connectivity index (χ3v) is 4.21. The second-order valence-electron chi connectivity index (χ2n) is 4.57. The molecule has 19 heavy (non-hydrogen) atoms. The number of halogens is 3. The van der Waals surface area contributed by atoms with Gasteiger partial charge in [0.05, 0.1) is 10.0 Å². The van der Waals surface area contributed by atoms with Crippen LogP contribution < -0.4 is 5.73 Å². The molecule has 0 fully saturated rings. The lowest BCUT2D eigenvalue weighted by molar-refractivity contribution is 0.721. The number of aryl methyl sites for hydroxylation is 1. The van der Waals surface area contributed by atoms with Crippen LogP contribution in [-0.2, 0) is 6.42 Å². The second-order valence-corrected chi connectivity index (χ2v) is 5.79. The summed E-state index contributed by atoms with van der Waals surface area (Å²) in [6, 6.07) is 11.3. The van der Waals surface area contributed by atoms with Crippen molar-refractivity contribution in [1.82, 2.24) is 0 Å². The van der Waals surface area contributed by atoms with Gasteiger partial charge in [0.15, 0.2) is 0 Å². The van der Waals surface area contributed by atoms with E-state index < -0.39 is 0 Å². The maximum atomic E-state index is 6.21. The van der Waals surface area contributed by atoms with E-state index in [1.807, 2.05) is 37.3 Å². The predicted molar refractivity (Wildman–Crippen MR) is 83.3 cm³/mol. The predicted octanol–water partition coefficient (Wildman–Crippen LogP) is 5.20. The summed E-state index contributed by atoms with van der Waals surface area (Å²) >= 11 is 17.9. The number of rotatable bonds is 3. The molecule has 1 nitrogen and oxygen atoms in total. The van der Waals surface area contributed by atoms with Gasteiger partial charge in [0, 0.05) is 11.1 Å². The molecule has 0 aliphatic carbocycles. The molecule has 0 aromatic heterocycles. The van der Waals surface area contributed by atoms with Crippen molar-refractivity contribution in [2.75, 3.05) is 0 Å². The molecule has 0 aliphatic heterocycles. The van der Waals surface area contributed by atoms with Gasteiger partial charge >= 0.3 is 0 Å². The van der Waals surface area contributed by atoms with Crippen LogP contribution in [0.3, 0.4) is 0 Å². The van der Waals surface area contributed by atoms with E-state index in [-0.39, 0.29) is 6.04 Å². The molecule has 0 radical (unpaired) electrons. The lowest BCUT2D eigenvalue weighted by Gasteiger charge is -2.14. The quantitative estimate of drug-likeness (QED) is 0.828. The summed E-state index contributed by atoms with van der Waals surface area (Å²) in [5.41, 5.74) is 9.37.